The van der Waals surface area contributed by atoms with Crippen molar-refractivity contribution in [1.29, 1.82) is 0 Å². The second-order valence-corrected chi connectivity index (χ2v) is 7.89. The van der Waals surface area contributed by atoms with Gasteiger partial charge in [0.15, 0.2) is 0 Å². The first-order valence-corrected chi connectivity index (χ1v) is 11.2. The van der Waals surface area contributed by atoms with Crippen molar-refractivity contribution in [1.82, 2.24) is 5.32 Å². The largest absolute Gasteiger partial charge is 0.383 e. The highest BCUT2D eigenvalue weighted by Crippen LogP contribution is 2.28. The van der Waals surface area contributed by atoms with Gasteiger partial charge in [-0.3, -0.25) is 9.59 Å². The summed E-state index contributed by atoms with van der Waals surface area (Å²) in [4.78, 5) is 28.2. The summed E-state index contributed by atoms with van der Waals surface area (Å²) in [6.45, 7) is 4.78. The van der Waals surface area contributed by atoms with Crippen LogP contribution in [0.3, 0.4) is 0 Å². The van der Waals surface area contributed by atoms with Gasteiger partial charge in [-0.1, -0.05) is 37.3 Å². The molecule has 1 aliphatic heterocycles. The van der Waals surface area contributed by atoms with Crippen molar-refractivity contribution in [2.45, 2.75) is 38.5 Å². The molecule has 0 aromatic heterocycles. The summed E-state index contributed by atoms with van der Waals surface area (Å²) in [5.41, 5.74) is 3.13. The number of carbonyl (C=O) groups excluding carboxylic acids is 2. The van der Waals surface area contributed by atoms with Crippen LogP contribution < -0.4 is 15.5 Å². The average Bonchev–Trinajstić information content (AvgIpc) is 2.81. The number of methoxy groups -OCH3 is 1. The van der Waals surface area contributed by atoms with Crippen molar-refractivity contribution in [3.63, 3.8) is 0 Å². The number of piperidine rings is 1. The van der Waals surface area contributed by atoms with Crippen LogP contribution in [0.15, 0.2) is 48.5 Å². The summed E-state index contributed by atoms with van der Waals surface area (Å²) < 4.78 is 5.05. The second-order valence-electron chi connectivity index (χ2n) is 7.89. The van der Waals surface area contributed by atoms with Gasteiger partial charge >= 0.3 is 0 Å². The molecule has 2 aromatic rings. The minimum absolute atomic E-state index is 0.0647. The Bertz CT molecular complexity index is 864. The van der Waals surface area contributed by atoms with E-state index in [9.17, 15) is 9.59 Å². The van der Waals surface area contributed by atoms with E-state index in [1.165, 1.54) is 6.42 Å². The number of nitrogens with one attached hydrogen (secondary N) is 2. The van der Waals surface area contributed by atoms with Crippen LogP contribution in [-0.4, -0.2) is 45.2 Å². The van der Waals surface area contributed by atoms with Crippen LogP contribution in [-0.2, 0) is 9.53 Å². The van der Waals surface area contributed by atoms with Gasteiger partial charge < -0.3 is 20.3 Å². The van der Waals surface area contributed by atoms with Gasteiger partial charge in [0.1, 0.15) is 0 Å². The topological polar surface area (TPSA) is 70.7 Å². The smallest absolute Gasteiger partial charge is 0.253 e. The predicted octanol–water partition coefficient (Wildman–Crippen LogP) is 4.19. The Balaban J connectivity index is 1.82. The highest BCUT2D eigenvalue weighted by molar-refractivity contribution is 6.02. The highest BCUT2D eigenvalue weighted by atomic mass is 16.5. The summed E-state index contributed by atoms with van der Waals surface area (Å²) in [7, 11) is 1.61. The normalized spacial score (nSPS) is 14.7. The molecule has 2 N–H and O–H groups in total. The Kier molecular flexibility index (Phi) is 8.47. The van der Waals surface area contributed by atoms with Crippen LogP contribution in [0.1, 0.15) is 54.4 Å². The fourth-order valence-electron chi connectivity index (χ4n) is 4.06. The zero-order valence-electron chi connectivity index (χ0n) is 18.5. The van der Waals surface area contributed by atoms with E-state index in [2.05, 4.69) is 15.5 Å². The minimum Gasteiger partial charge on any atom is -0.383 e. The first-order valence-electron chi connectivity index (χ1n) is 11.2. The maximum Gasteiger partial charge on any atom is 0.253 e. The van der Waals surface area contributed by atoms with E-state index in [4.69, 9.17) is 4.74 Å². The molecular formula is C25H33N3O3. The molecule has 31 heavy (non-hydrogen) atoms. The molecule has 1 saturated heterocycles. The molecule has 2 amide bonds. The van der Waals surface area contributed by atoms with Gasteiger partial charge in [0.2, 0.25) is 5.91 Å². The Morgan fingerprint density at radius 3 is 2.48 bits per heavy atom. The van der Waals surface area contributed by atoms with Gasteiger partial charge in [0.05, 0.1) is 18.1 Å². The van der Waals surface area contributed by atoms with Gasteiger partial charge in [-0.25, -0.2) is 0 Å². The number of ether oxygens (including phenoxy) is 1. The number of hydrogen-bond acceptors (Lipinski definition) is 4. The van der Waals surface area contributed by atoms with Crippen molar-refractivity contribution in [3.05, 3.63) is 59.7 Å². The summed E-state index contributed by atoms with van der Waals surface area (Å²) in [6.07, 6.45) is 4.17. The molecule has 0 radical (unpaired) electrons. The van der Waals surface area contributed by atoms with Gasteiger partial charge in [-0.2, -0.15) is 0 Å². The molecule has 1 heterocycles. The fraction of sp³-hybridized carbons (Fsp3) is 0.440. The van der Waals surface area contributed by atoms with Crippen LogP contribution in [0, 0.1) is 0 Å². The third kappa shape index (κ3) is 6.07. The molecule has 0 unspecified atom stereocenters. The summed E-state index contributed by atoms with van der Waals surface area (Å²) >= 11 is 0. The van der Waals surface area contributed by atoms with Gasteiger partial charge in [0, 0.05) is 38.1 Å². The van der Waals surface area contributed by atoms with E-state index < -0.39 is 0 Å². The number of anilines is 2. The number of benzene rings is 2. The molecule has 1 atom stereocenters. The zero-order chi connectivity index (χ0) is 22.1. The summed E-state index contributed by atoms with van der Waals surface area (Å²) in [5.74, 6) is -0.448. The molecule has 0 spiro atoms. The van der Waals surface area contributed by atoms with Crippen LogP contribution in [0.4, 0.5) is 11.4 Å². The van der Waals surface area contributed by atoms with Crippen LogP contribution in [0.2, 0.25) is 0 Å². The Morgan fingerprint density at radius 1 is 1.06 bits per heavy atom. The van der Waals surface area contributed by atoms with Crippen LogP contribution in [0.25, 0.3) is 0 Å². The monoisotopic (exact) mass is 423 g/mol. The third-order valence-corrected chi connectivity index (χ3v) is 5.72. The number of rotatable bonds is 9. The lowest BCUT2D eigenvalue weighted by Crippen LogP contribution is -2.33. The van der Waals surface area contributed by atoms with Crippen molar-refractivity contribution >= 4 is 23.2 Å². The lowest BCUT2D eigenvalue weighted by molar-refractivity contribution is -0.117. The van der Waals surface area contributed by atoms with Crippen molar-refractivity contribution in [3.8, 4) is 0 Å². The number of hydrogen-bond donors (Lipinski definition) is 2. The highest BCUT2D eigenvalue weighted by Gasteiger charge is 2.22. The van der Waals surface area contributed by atoms with E-state index in [0.717, 1.165) is 37.2 Å². The Hall–Kier alpha value is -2.86. The van der Waals surface area contributed by atoms with Gasteiger partial charge in [-0.05, 0) is 49.4 Å². The zero-order valence-corrected chi connectivity index (χ0v) is 18.5. The first-order chi connectivity index (χ1) is 15.1. The fourth-order valence-corrected chi connectivity index (χ4v) is 4.06. The van der Waals surface area contributed by atoms with E-state index in [1.54, 1.807) is 13.2 Å². The molecule has 0 bridgehead atoms. The Morgan fingerprint density at radius 2 is 1.81 bits per heavy atom. The number of nitrogens with zero attached hydrogens (tertiary/aromatic N) is 1. The third-order valence-electron chi connectivity index (χ3n) is 5.72. The van der Waals surface area contributed by atoms with Crippen molar-refractivity contribution in [2.24, 2.45) is 0 Å². The van der Waals surface area contributed by atoms with Crippen LogP contribution in [0.5, 0.6) is 0 Å². The molecule has 3 rings (SSSR count). The number of carbonyl (C=O) groups is 2. The van der Waals surface area contributed by atoms with Gasteiger partial charge in [-0.15, -0.1) is 0 Å². The SMILES string of the molecule is CC[C@H](C(=O)Nc1ccc(N2CCCCC2)c(C(=O)NCCOC)c1)c1ccccc1. The maximum atomic E-state index is 13.0. The molecule has 6 nitrogen and oxygen atoms in total. The second kappa shape index (κ2) is 11.5. The molecule has 166 valence electrons. The number of amides is 2. The molecule has 2 aromatic carbocycles. The maximum absolute atomic E-state index is 13.0. The molecule has 0 aliphatic carbocycles. The van der Waals surface area contributed by atoms with Crippen molar-refractivity contribution < 1.29 is 14.3 Å². The summed E-state index contributed by atoms with van der Waals surface area (Å²) in [6, 6.07) is 15.4. The molecule has 0 saturated carbocycles. The van der Waals surface area contributed by atoms with E-state index in [-0.39, 0.29) is 17.7 Å². The predicted molar refractivity (Wildman–Crippen MR) is 125 cm³/mol. The Labute approximate surface area is 185 Å². The van der Waals surface area contributed by atoms with Gasteiger partial charge in [0.25, 0.3) is 5.91 Å². The van der Waals surface area contributed by atoms with E-state index in [0.29, 0.717) is 30.8 Å². The first kappa shape index (κ1) is 22.8. The standard InChI is InChI=1S/C25H33N3O3/c1-3-21(19-10-6-4-7-11-19)25(30)27-20-12-13-23(28-15-8-5-9-16-28)22(18-20)24(29)26-14-17-31-2/h4,6-7,10-13,18,21H,3,5,8-9,14-17H2,1-2H3,(H,26,29)(H,27,30)/t21-/m0/s1. The quantitative estimate of drug-likeness (QED) is 0.594. The lowest BCUT2D eigenvalue weighted by atomic mass is 9.95. The molecule has 1 fully saturated rings. The minimum atomic E-state index is -0.234. The lowest BCUT2D eigenvalue weighted by Gasteiger charge is -2.30. The van der Waals surface area contributed by atoms with Crippen molar-refractivity contribution in [2.75, 3.05) is 43.6 Å². The van der Waals surface area contributed by atoms with Crippen LogP contribution >= 0.6 is 0 Å². The molecular weight excluding hydrogens is 390 g/mol. The molecule has 6 heteroatoms. The van der Waals surface area contributed by atoms with E-state index in [1.807, 2.05) is 49.4 Å². The average molecular weight is 424 g/mol. The molecule has 1 aliphatic rings. The summed E-state index contributed by atoms with van der Waals surface area (Å²) in [5, 5.41) is 5.94. The van der Waals surface area contributed by atoms with E-state index >= 15 is 0 Å².